The largest absolute Gasteiger partial charge is 0.463 e. The van der Waals surface area contributed by atoms with Crippen molar-refractivity contribution in [2.24, 2.45) is 5.73 Å². The highest BCUT2D eigenvalue weighted by molar-refractivity contribution is 5.95. The first-order valence-corrected chi connectivity index (χ1v) is 4.68. The first-order valence-electron chi connectivity index (χ1n) is 4.68. The highest BCUT2D eigenvalue weighted by atomic mass is 16.5. The van der Waals surface area contributed by atoms with E-state index in [0.29, 0.717) is 6.54 Å². The van der Waals surface area contributed by atoms with Crippen LogP contribution in [0.5, 0.6) is 0 Å². The highest BCUT2D eigenvalue weighted by Gasteiger charge is 2.31. The number of carbonyl (C=O) groups excluding carboxylic acids is 2. The van der Waals surface area contributed by atoms with E-state index in [-0.39, 0.29) is 30.1 Å². The van der Waals surface area contributed by atoms with Crippen LogP contribution in [0.3, 0.4) is 0 Å². The zero-order valence-electron chi connectivity index (χ0n) is 8.64. The topological polar surface area (TPSA) is 114 Å². The van der Waals surface area contributed by atoms with Crippen LogP contribution >= 0.6 is 0 Å². The number of methoxy groups -OCH3 is 1. The first-order chi connectivity index (χ1) is 7.61. The third-order valence-electron chi connectivity index (χ3n) is 2.25. The molecule has 0 spiro atoms. The molecule has 1 fully saturated rings. The minimum atomic E-state index is -0.630. The fraction of sp³-hybridized carbons (Fsp3) is 0.500. The molecule has 1 aliphatic rings. The number of ether oxygens (including phenoxy) is 1. The smallest absolute Gasteiger partial charge is 0.375 e. The average molecular weight is 225 g/mol. The zero-order chi connectivity index (χ0) is 11.7. The van der Waals surface area contributed by atoms with Crippen LogP contribution in [0, 0.1) is 0 Å². The Labute approximate surface area is 90.8 Å². The number of carbonyl (C=O) groups is 2. The summed E-state index contributed by atoms with van der Waals surface area (Å²) < 4.78 is 4.46. The number of nitrogens with one attached hydrogen (secondary N) is 1. The quantitative estimate of drug-likeness (QED) is 0.602. The summed E-state index contributed by atoms with van der Waals surface area (Å²) >= 11 is 0. The van der Waals surface area contributed by atoms with Crippen molar-refractivity contribution in [2.45, 2.75) is 12.5 Å². The van der Waals surface area contributed by atoms with Crippen molar-refractivity contribution < 1.29 is 14.3 Å². The second-order valence-electron chi connectivity index (χ2n) is 3.44. The lowest BCUT2D eigenvalue weighted by atomic mass is 10.3. The number of aromatic nitrogens is 3. The number of hydrogen-bond donors (Lipinski definition) is 2. The van der Waals surface area contributed by atoms with Crippen molar-refractivity contribution in [1.29, 1.82) is 0 Å². The number of H-pyrrole nitrogens is 1. The molecule has 0 aromatic carbocycles. The normalized spacial score (nSPS) is 20.2. The van der Waals surface area contributed by atoms with E-state index in [1.165, 1.54) is 12.0 Å². The molecule has 0 radical (unpaired) electrons. The van der Waals surface area contributed by atoms with Crippen LogP contribution in [0.15, 0.2) is 0 Å². The van der Waals surface area contributed by atoms with Gasteiger partial charge in [0.1, 0.15) is 0 Å². The van der Waals surface area contributed by atoms with Gasteiger partial charge in [0.2, 0.25) is 11.7 Å². The van der Waals surface area contributed by atoms with Crippen molar-refractivity contribution in [3.63, 3.8) is 0 Å². The summed E-state index contributed by atoms with van der Waals surface area (Å²) in [5.74, 6) is -0.665. The van der Waals surface area contributed by atoms with Gasteiger partial charge < -0.3 is 10.5 Å². The molecule has 2 rings (SSSR count). The SMILES string of the molecule is COC(=O)c1nc(N2CC(N)CC2=O)n[nH]1. The molecule has 16 heavy (non-hydrogen) atoms. The molecule has 8 heteroatoms. The summed E-state index contributed by atoms with van der Waals surface area (Å²) in [6.07, 6.45) is 0.266. The first kappa shape index (κ1) is 10.6. The van der Waals surface area contributed by atoms with E-state index in [4.69, 9.17) is 5.73 Å². The van der Waals surface area contributed by atoms with E-state index >= 15 is 0 Å². The molecular weight excluding hydrogens is 214 g/mol. The van der Waals surface area contributed by atoms with Crippen molar-refractivity contribution in [3.8, 4) is 0 Å². The minimum absolute atomic E-state index is 0.0363. The third kappa shape index (κ3) is 1.74. The number of aromatic amines is 1. The van der Waals surface area contributed by atoms with E-state index in [2.05, 4.69) is 19.9 Å². The fourth-order valence-corrected chi connectivity index (χ4v) is 1.49. The number of esters is 1. The summed E-state index contributed by atoms with van der Waals surface area (Å²) in [5.41, 5.74) is 5.63. The van der Waals surface area contributed by atoms with Crippen LogP contribution in [-0.2, 0) is 9.53 Å². The van der Waals surface area contributed by atoms with Crippen molar-refractivity contribution in [3.05, 3.63) is 5.82 Å². The van der Waals surface area contributed by atoms with Gasteiger partial charge in [-0.1, -0.05) is 0 Å². The van der Waals surface area contributed by atoms with Gasteiger partial charge in [-0.15, -0.1) is 5.10 Å². The van der Waals surface area contributed by atoms with E-state index in [1.54, 1.807) is 0 Å². The predicted molar refractivity (Wildman–Crippen MR) is 52.7 cm³/mol. The molecule has 8 nitrogen and oxygen atoms in total. The van der Waals surface area contributed by atoms with Crippen LogP contribution in [-0.4, -0.2) is 46.8 Å². The van der Waals surface area contributed by atoms with Crippen molar-refractivity contribution >= 4 is 17.8 Å². The van der Waals surface area contributed by atoms with Crippen LogP contribution in [0.1, 0.15) is 17.0 Å². The number of hydrogen-bond acceptors (Lipinski definition) is 6. The van der Waals surface area contributed by atoms with Crippen LogP contribution in [0.4, 0.5) is 5.95 Å². The zero-order valence-corrected chi connectivity index (χ0v) is 8.64. The Bertz CT molecular complexity index is 429. The third-order valence-corrected chi connectivity index (χ3v) is 2.25. The van der Waals surface area contributed by atoms with E-state index < -0.39 is 5.97 Å². The summed E-state index contributed by atoms with van der Waals surface area (Å²) in [4.78, 5) is 27.8. The van der Waals surface area contributed by atoms with E-state index in [9.17, 15) is 9.59 Å². The Morgan fingerprint density at radius 2 is 2.44 bits per heavy atom. The number of amides is 1. The van der Waals surface area contributed by atoms with Crippen LogP contribution < -0.4 is 10.6 Å². The molecule has 1 saturated heterocycles. The maximum Gasteiger partial charge on any atom is 0.375 e. The molecule has 3 N–H and O–H groups in total. The number of rotatable bonds is 2. The molecule has 1 amide bonds. The predicted octanol–water partition coefficient (Wildman–Crippen LogP) is -1.34. The Hall–Kier alpha value is -1.96. The fourth-order valence-electron chi connectivity index (χ4n) is 1.49. The van der Waals surface area contributed by atoms with Gasteiger partial charge >= 0.3 is 5.97 Å². The molecule has 1 aliphatic heterocycles. The lowest BCUT2D eigenvalue weighted by Gasteiger charge is -2.09. The second-order valence-corrected chi connectivity index (χ2v) is 3.44. The number of nitrogens with two attached hydrogens (primary N) is 1. The minimum Gasteiger partial charge on any atom is -0.463 e. The molecule has 1 atom stereocenters. The van der Waals surface area contributed by atoms with Gasteiger partial charge in [0.05, 0.1) is 7.11 Å². The van der Waals surface area contributed by atoms with Gasteiger partial charge in [-0.2, -0.15) is 4.98 Å². The highest BCUT2D eigenvalue weighted by Crippen LogP contribution is 2.16. The molecule has 1 aromatic heterocycles. The van der Waals surface area contributed by atoms with Gasteiger partial charge in [-0.25, -0.2) is 4.79 Å². The Kier molecular flexibility index (Phi) is 2.57. The maximum absolute atomic E-state index is 11.5. The van der Waals surface area contributed by atoms with Gasteiger partial charge in [-0.3, -0.25) is 14.8 Å². The van der Waals surface area contributed by atoms with Gasteiger partial charge in [0.15, 0.2) is 0 Å². The summed E-state index contributed by atoms with van der Waals surface area (Å²) in [6, 6.07) is -0.215. The van der Waals surface area contributed by atoms with Crippen molar-refractivity contribution in [1.82, 2.24) is 15.2 Å². The number of nitrogens with zero attached hydrogens (tertiary/aromatic N) is 3. The monoisotopic (exact) mass is 225 g/mol. The Morgan fingerprint density at radius 1 is 1.69 bits per heavy atom. The average Bonchev–Trinajstić information content (AvgIpc) is 2.83. The number of anilines is 1. The summed E-state index contributed by atoms with van der Waals surface area (Å²) in [6.45, 7) is 0.358. The van der Waals surface area contributed by atoms with E-state index in [1.807, 2.05) is 0 Å². The molecular formula is C8H11N5O3. The molecule has 0 aliphatic carbocycles. The molecule has 86 valence electrons. The molecule has 0 bridgehead atoms. The lowest BCUT2D eigenvalue weighted by Crippen LogP contribution is -2.28. The molecule has 2 heterocycles. The summed E-state index contributed by atoms with van der Waals surface area (Å²) in [5, 5.41) is 6.16. The van der Waals surface area contributed by atoms with Crippen molar-refractivity contribution in [2.75, 3.05) is 18.6 Å². The van der Waals surface area contributed by atoms with Gasteiger partial charge in [0.25, 0.3) is 5.95 Å². The second kappa shape index (κ2) is 3.89. The lowest BCUT2D eigenvalue weighted by molar-refractivity contribution is -0.117. The maximum atomic E-state index is 11.5. The van der Waals surface area contributed by atoms with Crippen LogP contribution in [0.25, 0.3) is 0 Å². The molecule has 1 aromatic rings. The Morgan fingerprint density at radius 3 is 3.00 bits per heavy atom. The van der Waals surface area contributed by atoms with Crippen LogP contribution in [0.2, 0.25) is 0 Å². The molecule has 1 unspecified atom stereocenters. The van der Waals surface area contributed by atoms with Gasteiger partial charge in [-0.05, 0) is 0 Å². The summed E-state index contributed by atoms with van der Waals surface area (Å²) in [7, 11) is 1.24. The standard InChI is InChI=1S/C8H11N5O3/c1-16-7(15)6-10-8(12-11-6)13-3-4(9)2-5(13)14/h4H,2-3,9H2,1H3,(H,10,11,12). The Balaban J connectivity index is 2.19. The van der Waals surface area contributed by atoms with E-state index in [0.717, 1.165) is 0 Å². The molecule has 0 saturated carbocycles. The van der Waals surface area contributed by atoms with Gasteiger partial charge in [0, 0.05) is 19.0 Å².